The average Bonchev–Trinajstić information content (AvgIpc) is 2.15. The molecule has 1 aromatic heterocycles. The van der Waals surface area contributed by atoms with Gasteiger partial charge in [0.25, 0.3) is 0 Å². The van der Waals surface area contributed by atoms with Crippen LogP contribution in [0.15, 0.2) is 24.5 Å². The summed E-state index contributed by atoms with van der Waals surface area (Å²) in [6, 6.07) is 3.47. The summed E-state index contributed by atoms with van der Waals surface area (Å²) < 4.78 is 0. The number of amides is 2. The molecular formula is C11H17N3O. The fourth-order valence-electron chi connectivity index (χ4n) is 1.09. The Balaban J connectivity index is 2.70. The Morgan fingerprint density at radius 3 is 2.33 bits per heavy atom. The Bertz CT molecular complexity index is 329. The van der Waals surface area contributed by atoms with Gasteiger partial charge >= 0.3 is 6.03 Å². The maximum atomic E-state index is 11.8. The van der Waals surface area contributed by atoms with E-state index in [9.17, 15) is 4.79 Å². The van der Waals surface area contributed by atoms with Gasteiger partial charge in [0.1, 0.15) is 0 Å². The Labute approximate surface area is 90.3 Å². The van der Waals surface area contributed by atoms with Crippen molar-refractivity contribution in [3.8, 4) is 0 Å². The normalized spacial score (nSPS) is 10.9. The van der Waals surface area contributed by atoms with E-state index in [4.69, 9.17) is 0 Å². The second-order valence-corrected chi connectivity index (χ2v) is 4.44. The Morgan fingerprint density at radius 1 is 1.33 bits per heavy atom. The fourth-order valence-corrected chi connectivity index (χ4v) is 1.09. The Kier molecular flexibility index (Phi) is 3.29. The molecule has 0 radical (unpaired) electrons. The number of hydrogen-bond donors (Lipinski definition) is 1. The van der Waals surface area contributed by atoms with Crippen molar-refractivity contribution in [1.29, 1.82) is 0 Å². The van der Waals surface area contributed by atoms with E-state index in [1.54, 1.807) is 36.5 Å². The van der Waals surface area contributed by atoms with Crippen LogP contribution in [-0.2, 0) is 0 Å². The molecule has 4 heteroatoms. The summed E-state index contributed by atoms with van der Waals surface area (Å²) in [5.74, 6) is 0. The second kappa shape index (κ2) is 4.29. The molecule has 0 saturated carbocycles. The van der Waals surface area contributed by atoms with Crippen molar-refractivity contribution < 1.29 is 4.79 Å². The predicted octanol–water partition coefficient (Wildman–Crippen LogP) is 2.03. The smallest absolute Gasteiger partial charge is 0.322 e. The second-order valence-electron chi connectivity index (χ2n) is 4.44. The van der Waals surface area contributed by atoms with E-state index >= 15 is 0 Å². The molecule has 1 rings (SSSR count). The number of nitrogens with zero attached hydrogens (tertiary/aromatic N) is 2. The van der Waals surface area contributed by atoms with E-state index in [0.717, 1.165) is 5.69 Å². The summed E-state index contributed by atoms with van der Waals surface area (Å²) in [6.07, 6.45) is 3.33. The first-order chi connectivity index (χ1) is 6.90. The summed E-state index contributed by atoms with van der Waals surface area (Å²) in [4.78, 5) is 17.2. The molecule has 1 aromatic rings. The van der Waals surface area contributed by atoms with Crippen LogP contribution in [0, 0.1) is 0 Å². The highest BCUT2D eigenvalue weighted by Gasteiger charge is 2.17. The number of nitrogens with one attached hydrogen (secondary N) is 1. The van der Waals surface area contributed by atoms with E-state index in [1.807, 2.05) is 20.8 Å². The van der Waals surface area contributed by atoms with Gasteiger partial charge in [-0.1, -0.05) is 0 Å². The lowest BCUT2D eigenvalue weighted by Crippen LogP contribution is -2.47. The lowest BCUT2D eigenvalue weighted by molar-refractivity contribution is 0.239. The van der Waals surface area contributed by atoms with Gasteiger partial charge < -0.3 is 5.32 Å². The fraction of sp³-hybridized carbons (Fsp3) is 0.455. The molecule has 15 heavy (non-hydrogen) atoms. The van der Waals surface area contributed by atoms with Crippen LogP contribution in [0.2, 0.25) is 0 Å². The topological polar surface area (TPSA) is 45.2 Å². The molecule has 1 N–H and O–H groups in total. The van der Waals surface area contributed by atoms with Gasteiger partial charge in [0.05, 0.1) is 0 Å². The molecule has 0 unspecified atom stereocenters. The van der Waals surface area contributed by atoms with Crippen LogP contribution < -0.4 is 10.2 Å². The van der Waals surface area contributed by atoms with Crippen molar-refractivity contribution in [3.63, 3.8) is 0 Å². The van der Waals surface area contributed by atoms with Crippen molar-refractivity contribution in [1.82, 2.24) is 10.3 Å². The van der Waals surface area contributed by atoms with Gasteiger partial charge in [-0.25, -0.2) is 4.79 Å². The van der Waals surface area contributed by atoms with Gasteiger partial charge in [0.2, 0.25) is 0 Å². The highest BCUT2D eigenvalue weighted by atomic mass is 16.2. The molecule has 0 spiro atoms. The van der Waals surface area contributed by atoms with E-state index < -0.39 is 0 Å². The summed E-state index contributed by atoms with van der Waals surface area (Å²) in [6.45, 7) is 5.85. The van der Waals surface area contributed by atoms with Crippen LogP contribution in [0.5, 0.6) is 0 Å². The quantitative estimate of drug-likeness (QED) is 0.765. The van der Waals surface area contributed by atoms with E-state index in [1.165, 1.54) is 0 Å². The summed E-state index contributed by atoms with van der Waals surface area (Å²) in [5, 5.41) is 2.88. The number of rotatable bonds is 1. The van der Waals surface area contributed by atoms with Crippen LogP contribution in [0.4, 0.5) is 10.5 Å². The average molecular weight is 207 g/mol. The molecule has 4 nitrogen and oxygen atoms in total. The maximum Gasteiger partial charge on any atom is 0.322 e. The summed E-state index contributed by atoms with van der Waals surface area (Å²) in [7, 11) is 1.73. The molecule has 0 aliphatic rings. The van der Waals surface area contributed by atoms with Gasteiger partial charge in [-0.15, -0.1) is 0 Å². The monoisotopic (exact) mass is 207 g/mol. The largest absolute Gasteiger partial charge is 0.333 e. The molecule has 0 fully saturated rings. The predicted molar refractivity (Wildman–Crippen MR) is 60.9 cm³/mol. The van der Waals surface area contributed by atoms with Gasteiger partial charge in [-0.3, -0.25) is 9.88 Å². The Morgan fingerprint density at radius 2 is 1.87 bits per heavy atom. The standard InChI is InChI=1S/C11H17N3O/c1-11(2,3)13-10(15)14(4)9-5-7-12-8-6-9/h5-8H,1-4H3,(H,13,15). The van der Waals surface area contributed by atoms with E-state index in [-0.39, 0.29) is 11.6 Å². The van der Waals surface area contributed by atoms with Crippen LogP contribution in [0.25, 0.3) is 0 Å². The Hall–Kier alpha value is -1.58. The number of aromatic nitrogens is 1. The SMILES string of the molecule is CN(C(=O)NC(C)(C)C)c1ccncc1. The summed E-state index contributed by atoms with van der Waals surface area (Å²) in [5.41, 5.74) is 0.602. The van der Waals surface area contributed by atoms with Gasteiger partial charge in [0, 0.05) is 30.7 Å². The number of urea groups is 1. The minimum atomic E-state index is -0.224. The minimum Gasteiger partial charge on any atom is -0.333 e. The minimum absolute atomic E-state index is 0.117. The van der Waals surface area contributed by atoms with Gasteiger partial charge in [-0.05, 0) is 32.9 Å². The van der Waals surface area contributed by atoms with Crippen LogP contribution in [-0.4, -0.2) is 23.6 Å². The first kappa shape index (κ1) is 11.5. The first-order valence-electron chi connectivity index (χ1n) is 4.86. The number of carbonyl (C=O) groups excluding carboxylic acids is 1. The zero-order chi connectivity index (χ0) is 11.5. The van der Waals surface area contributed by atoms with Crippen molar-refractivity contribution in [3.05, 3.63) is 24.5 Å². The van der Waals surface area contributed by atoms with E-state index in [0.29, 0.717) is 0 Å². The first-order valence-corrected chi connectivity index (χ1v) is 4.86. The van der Waals surface area contributed by atoms with Gasteiger partial charge in [0.15, 0.2) is 0 Å². The van der Waals surface area contributed by atoms with Crippen LogP contribution in [0.3, 0.4) is 0 Å². The van der Waals surface area contributed by atoms with Crippen molar-refractivity contribution in [2.45, 2.75) is 26.3 Å². The molecule has 0 aliphatic heterocycles. The lowest BCUT2D eigenvalue weighted by atomic mass is 10.1. The molecule has 1 heterocycles. The third-order valence-electron chi connectivity index (χ3n) is 1.84. The third-order valence-corrected chi connectivity index (χ3v) is 1.84. The van der Waals surface area contributed by atoms with Crippen molar-refractivity contribution >= 4 is 11.7 Å². The summed E-state index contributed by atoms with van der Waals surface area (Å²) >= 11 is 0. The third kappa shape index (κ3) is 3.58. The molecule has 82 valence electrons. The molecule has 0 saturated heterocycles. The van der Waals surface area contributed by atoms with Crippen LogP contribution in [0.1, 0.15) is 20.8 Å². The molecule has 0 aliphatic carbocycles. The van der Waals surface area contributed by atoms with E-state index in [2.05, 4.69) is 10.3 Å². The number of anilines is 1. The zero-order valence-corrected chi connectivity index (χ0v) is 9.61. The maximum absolute atomic E-state index is 11.8. The molecule has 0 bridgehead atoms. The van der Waals surface area contributed by atoms with Gasteiger partial charge in [-0.2, -0.15) is 0 Å². The number of pyridine rings is 1. The molecule has 2 amide bonds. The molecule has 0 atom stereocenters. The van der Waals surface area contributed by atoms with Crippen LogP contribution >= 0.6 is 0 Å². The molecular weight excluding hydrogens is 190 g/mol. The molecule has 0 aromatic carbocycles. The highest BCUT2D eigenvalue weighted by Crippen LogP contribution is 2.10. The highest BCUT2D eigenvalue weighted by molar-refractivity contribution is 5.91. The lowest BCUT2D eigenvalue weighted by Gasteiger charge is -2.25. The van der Waals surface area contributed by atoms with Crippen molar-refractivity contribution in [2.24, 2.45) is 0 Å². The number of carbonyl (C=O) groups is 1. The number of hydrogen-bond acceptors (Lipinski definition) is 2. The zero-order valence-electron chi connectivity index (χ0n) is 9.61. The van der Waals surface area contributed by atoms with Crippen molar-refractivity contribution in [2.75, 3.05) is 11.9 Å².